The van der Waals surface area contributed by atoms with Crippen LogP contribution in [-0.4, -0.2) is 20.9 Å². The number of hydrogen-bond acceptors (Lipinski definition) is 4. The summed E-state index contributed by atoms with van der Waals surface area (Å²) >= 11 is 0. The van der Waals surface area contributed by atoms with Crippen molar-refractivity contribution in [1.29, 1.82) is 0 Å². The van der Waals surface area contributed by atoms with Crippen LogP contribution in [0.3, 0.4) is 0 Å². The van der Waals surface area contributed by atoms with Gasteiger partial charge < -0.3 is 19.3 Å². The number of nitrogens with zero attached hydrogens (tertiary/aromatic N) is 2. The van der Waals surface area contributed by atoms with E-state index in [2.05, 4.69) is 318 Å². The molecule has 0 spiro atoms. The highest BCUT2D eigenvalue weighted by Crippen LogP contribution is 2.64. The molecule has 4 nitrogen and oxygen atoms in total. The van der Waals surface area contributed by atoms with Gasteiger partial charge in [-0.15, -0.1) is 0 Å². The molecule has 3 heterocycles. The van der Waals surface area contributed by atoms with E-state index in [0.717, 1.165) is 34.2 Å². The fraction of sp³-hybridized carbons (Fsp3) is 0.312. The first-order valence-electron chi connectivity index (χ1n) is 35.8. The van der Waals surface area contributed by atoms with Gasteiger partial charge in [0.15, 0.2) is 0 Å². The molecule has 0 saturated heterocycles. The van der Waals surface area contributed by atoms with E-state index < -0.39 is 0 Å². The Kier molecular flexibility index (Phi) is 13.8. The molecule has 4 aliphatic rings. The highest BCUT2D eigenvalue weighted by atomic mass is 16.5. The van der Waals surface area contributed by atoms with Crippen LogP contribution in [-0.2, 0) is 32.5 Å². The molecule has 1 unspecified atom stereocenters. The normalized spacial score (nSPS) is 14.9. The van der Waals surface area contributed by atoms with Gasteiger partial charge in [-0.1, -0.05) is 221 Å². The minimum absolute atomic E-state index is 0.101. The average molecular weight is 1280 g/mol. The molecular formula is C93H95BN2O2. The fourth-order valence-corrected chi connectivity index (χ4v) is 17.7. The third kappa shape index (κ3) is 9.43. The molecule has 16 rings (SSSR count). The predicted molar refractivity (Wildman–Crippen MR) is 422 cm³/mol. The van der Waals surface area contributed by atoms with Gasteiger partial charge >= 0.3 is 0 Å². The van der Waals surface area contributed by atoms with Crippen LogP contribution in [0.4, 0.5) is 34.1 Å². The lowest BCUT2D eigenvalue weighted by atomic mass is 9.32. The van der Waals surface area contributed by atoms with E-state index in [1.807, 2.05) is 7.11 Å². The summed E-state index contributed by atoms with van der Waals surface area (Å²) in [7, 11) is 3.66. The predicted octanol–water partition coefficient (Wildman–Crippen LogP) is 23.6. The molecule has 1 atom stereocenters. The van der Waals surface area contributed by atoms with Crippen molar-refractivity contribution >= 4 is 89.5 Å². The van der Waals surface area contributed by atoms with Crippen LogP contribution in [0.15, 0.2) is 170 Å². The molecule has 12 aromatic carbocycles. The van der Waals surface area contributed by atoms with Crippen molar-refractivity contribution in [2.24, 2.45) is 0 Å². The fourth-order valence-electron chi connectivity index (χ4n) is 17.7. The lowest BCUT2D eigenvalue weighted by Crippen LogP contribution is -2.59. The van der Waals surface area contributed by atoms with Gasteiger partial charge in [0.05, 0.1) is 25.6 Å². The topological polar surface area (TPSA) is 24.9 Å². The SMILES string of the molecule is COc1ccc2c(c1)N(c1ccccc1)c1cc(C)cc3c1C2c1cc2c(-c4c(C(C)(C)C)cc(C(C)(C)C)cc4C(C)(C)C)cc4c5c(cc6c(-c7c(C(C)(C)C)cc(C(C)(C)C)cc7C(C)(C)C)cc-3c1c6c25)B1c2ccc(C)cc2N(c2ccccc2)c2cc(OC)cc-4c21. The number of benzene rings is 12. The third-order valence-electron chi connectivity index (χ3n) is 22.4. The Morgan fingerprint density at radius 1 is 0.337 bits per heavy atom. The van der Waals surface area contributed by atoms with Crippen LogP contribution < -0.4 is 35.7 Å². The first kappa shape index (κ1) is 63.7. The number of para-hydroxylation sites is 2. The number of fused-ring (bicyclic) bond motifs is 8. The Morgan fingerprint density at radius 3 is 1.33 bits per heavy atom. The van der Waals surface area contributed by atoms with Crippen LogP contribution in [0, 0.1) is 13.8 Å². The van der Waals surface area contributed by atoms with E-state index in [-0.39, 0.29) is 45.1 Å². The zero-order valence-corrected chi connectivity index (χ0v) is 62.0. The third-order valence-corrected chi connectivity index (χ3v) is 22.4. The second-order valence-electron chi connectivity index (χ2n) is 35.4. The van der Waals surface area contributed by atoms with Crippen LogP contribution in [0.5, 0.6) is 11.5 Å². The van der Waals surface area contributed by atoms with Crippen molar-refractivity contribution in [3.8, 4) is 56.0 Å². The maximum atomic E-state index is 6.61. The van der Waals surface area contributed by atoms with E-state index in [9.17, 15) is 0 Å². The molecule has 0 radical (unpaired) electrons. The molecule has 0 amide bonds. The highest BCUT2D eigenvalue weighted by Gasteiger charge is 2.47. The standard InChI is InChI=1S/C93H95BN2O2/c1-51-33-36-73-76(38-51)96(56-31-27-24-28-32-56)78-46-58(98-22)44-67-65-48-62(81-69(90(9,10)11)40-53(88(3,4)5)41-70(81)91(12,13)14)64-49-68-79-59-35-34-57(97-21)45-75(59)95(55-29-25-23-26-30-55)77-39-52(2)37-60(84(77)79)61-47-63(66-50-74(94(73)87(67)78)83(65)86(64)85(66)80(61)68)82-71(92(15,16)17)42-54(89(6,7)8)43-72(82)93(18,19)20/h23-50,79H,1-22H3. The molecule has 12 aromatic rings. The van der Waals surface area contributed by atoms with Gasteiger partial charge in [-0.25, -0.2) is 0 Å². The number of hydrogen-bond donors (Lipinski definition) is 0. The van der Waals surface area contributed by atoms with E-state index >= 15 is 0 Å². The van der Waals surface area contributed by atoms with Gasteiger partial charge in [0.2, 0.25) is 6.71 Å². The van der Waals surface area contributed by atoms with Gasteiger partial charge in [0.1, 0.15) is 11.5 Å². The van der Waals surface area contributed by atoms with Crippen molar-refractivity contribution < 1.29 is 9.47 Å². The van der Waals surface area contributed by atoms with Gasteiger partial charge in [0, 0.05) is 40.8 Å². The number of methoxy groups -OCH3 is 2. The minimum Gasteiger partial charge on any atom is -0.497 e. The van der Waals surface area contributed by atoms with Crippen LogP contribution in [0.1, 0.15) is 192 Å². The Hall–Kier alpha value is -9.06. The summed E-state index contributed by atoms with van der Waals surface area (Å²) in [4.78, 5) is 5.06. The summed E-state index contributed by atoms with van der Waals surface area (Å²) < 4.78 is 12.8. The van der Waals surface area contributed by atoms with Gasteiger partial charge in [0.25, 0.3) is 0 Å². The molecule has 0 aromatic heterocycles. The number of aryl methyl sites for hydroxylation is 2. The summed E-state index contributed by atoms with van der Waals surface area (Å²) in [6, 6.07) is 67.2. The first-order chi connectivity index (χ1) is 46.1. The number of anilines is 6. The van der Waals surface area contributed by atoms with Gasteiger partial charge in [-0.05, 0) is 262 Å². The monoisotopic (exact) mass is 1280 g/mol. The lowest BCUT2D eigenvalue weighted by molar-refractivity contribution is 0.414. The lowest BCUT2D eigenvalue weighted by Gasteiger charge is -2.43. The van der Waals surface area contributed by atoms with Crippen LogP contribution >= 0.6 is 0 Å². The minimum atomic E-state index is -0.254. The molecule has 492 valence electrons. The molecule has 98 heavy (non-hydrogen) atoms. The molecule has 0 N–H and O–H groups in total. The Morgan fingerprint density at radius 2 is 0.816 bits per heavy atom. The van der Waals surface area contributed by atoms with E-state index in [4.69, 9.17) is 9.47 Å². The number of rotatable bonds is 6. The molecule has 3 aliphatic heterocycles. The van der Waals surface area contributed by atoms with E-state index in [1.165, 1.54) is 166 Å². The largest absolute Gasteiger partial charge is 0.497 e. The molecule has 0 fully saturated rings. The van der Waals surface area contributed by atoms with Crippen molar-refractivity contribution in [3.63, 3.8) is 0 Å². The Balaban J connectivity index is 1.21. The molecular weight excluding hydrogens is 1190 g/mol. The average Bonchev–Trinajstić information content (AvgIpc) is 0.661. The van der Waals surface area contributed by atoms with Crippen LogP contribution in [0.2, 0.25) is 0 Å². The summed E-state index contributed by atoms with van der Waals surface area (Å²) in [6.07, 6.45) is 0. The zero-order chi connectivity index (χ0) is 69.3. The van der Waals surface area contributed by atoms with E-state index in [0.29, 0.717) is 0 Å². The van der Waals surface area contributed by atoms with Gasteiger partial charge in [-0.3, -0.25) is 0 Å². The smallest absolute Gasteiger partial charge is 0.248 e. The summed E-state index contributed by atoms with van der Waals surface area (Å²) in [6.45, 7) is 48.2. The van der Waals surface area contributed by atoms with Crippen molar-refractivity contribution in [2.75, 3.05) is 24.0 Å². The first-order valence-corrected chi connectivity index (χ1v) is 35.8. The summed E-state index contributed by atoms with van der Waals surface area (Å²) in [5.74, 6) is 1.55. The molecule has 1 aliphatic carbocycles. The summed E-state index contributed by atoms with van der Waals surface area (Å²) in [5.41, 5.74) is 34.7. The molecule has 5 heteroatoms. The maximum Gasteiger partial charge on any atom is 0.248 e. The Labute approximate surface area is 583 Å². The summed E-state index contributed by atoms with van der Waals surface area (Å²) in [5, 5.41) is 7.97. The quantitative estimate of drug-likeness (QED) is 0.122. The molecule has 0 saturated carbocycles. The number of ether oxygens (including phenoxy) is 2. The second-order valence-corrected chi connectivity index (χ2v) is 35.4. The molecule has 0 bridgehead atoms. The zero-order valence-electron chi connectivity index (χ0n) is 62.0. The van der Waals surface area contributed by atoms with Crippen molar-refractivity contribution in [2.45, 2.75) is 177 Å². The second kappa shape index (κ2) is 21.2. The van der Waals surface area contributed by atoms with Gasteiger partial charge in [-0.2, -0.15) is 0 Å². The van der Waals surface area contributed by atoms with Crippen LogP contribution in [0.25, 0.3) is 76.8 Å². The van der Waals surface area contributed by atoms with E-state index in [1.54, 1.807) is 7.11 Å². The highest BCUT2D eigenvalue weighted by molar-refractivity contribution is 7.01. The Bertz CT molecular complexity index is 5300. The van der Waals surface area contributed by atoms with Crippen molar-refractivity contribution in [3.05, 3.63) is 231 Å². The van der Waals surface area contributed by atoms with Crippen molar-refractivity contribution in [1.82, 2.24) is 0 Å². The maximum absolute atomic E-state index is 6.61.